The molecular formula is C13H16F4N2O. The summed E-state index contributed by atoms with van der Waals surface area (Å²) in [7, 11) is 0. The number of aromatic nitrogens is 1. The van der Waals surface area contributed by atoms with Crippen molar-refractivity contribution in [1.82, 2.24) is 9.88 Å². The standard InChI is InChI=1S/C13H16F4N2O/c1-8(2)19-6-10(13(16,17)7-19)20-11-5-3-4-9(18-11)12(14)15/h3-5,8,10,12H,6-7H2,1-2H3/t10-/m0/s1. The Hall–Kier alpha value is -1.37. The molecule has 1 aliphatic heterocycles. The number of hydrogen-bond acceptors (Lipinski definition) is 3. The van der Waals surface area contributed by atoms with Gasteiger partial charge in [0.1, 0.15) is 5.69 Å². The van der Waals surface area contributed by atoms with E-state index in [1.807, 2.05) is 13.8 Å². The number of rotatable bonds is 4. The summed E-state index contributed by atoms with van der Waals surface area (Å²) in [6.07, 6.45) is -4.12. The average Bonchev–Trinajstić information content (AvgIpc) is 2.65. The number of pyridine rings is 1. The maximum absolute atomic E-state index is 13.8. The zero-order valence-corrected chi connectivity index (χ0v) is 11.2. The predicted molar refractivity (Wildman–Crippen MR) is 65.3 cm³/mol. The largest absolute Gasteiger partial charge is 0.466 e. The summed E-state index contributed by atoms with van der Waals surface area (Å²) in [4.78, 5) is 5.13. The molecule has 0 saturated carbocycles. The van der Waals surface area contributed by atoms with Crippen LogP contribution in [0.5, 0.6) is 5.88 Å². The molecule has 1 aliphatic rings. The number of halogens is 4. The summed E-state index contributed by atoms with van der Waals surface area (Å²) in [6, 6.07) is 3.72. The highest BCUT2D eigenvalue weighted by molar-refractivity contribution is 5.17. The minimum Gasteiger partial charge on any atom is -0.466 e. The van der Waals surface area contributed by atoms with Gasteiger partial charge < -0.3 is 4.74 Å². The first-order valence-electron chi connectivity index (χ1n) is 6.33. The van der Waals surface area contributed by atoms with Crippen LogP contribution < -0.4 is 4.74 Å². The Morgan fingerprint density at radius 3 is 2.60 bits per heavy atom. The van der Waals surface area contributed by atoms with Crippen LogP contribution in [0.15, 0.2) is 18.2 Å². The monoisotopic (exact) mass is 292 g/mol. The molecule has 0 aromatic carbocycles. The molecule has 20 heavy (non-hydrogen) atoms. The van der Waals surface area contributed by atoms with Crippen LogP contribution in [0.25, 0.3) is 0 Å². The van der Waals surface area contributed by atoms with E-state index in [1.165, 1.54) is 12.1 Å². The summed E-state index contributed by atoms with van der Waals surface area (Å²) in [6.45, 7) is 3.28. The fraction of sp³-hybridized carbons (Fsp3) is 0.615. The van der Waals surface area contributed by atoms with Crippen molar-refractivity contribution in [2.45, 2.75) is 38.3 Å². The van der Waals surface area contributed by atoms with E-state index in [4.69, 9.17) is 4.74 Å². The molecule has 1 aromatic heterocycles. The Labute approximate surface area is 114 Å². The molecule has 2 heterocycles. The van der Waals surface area contributed by atoms with Crippen molar-refractivity contribution in [3.8, 4) is 5.88 Å². The van der Waals surface area contributed by atoms with E-state index < -0.39 is 30.7 Å². The van der Waals surface area contributed by atoms with Gasteiger partial charge >= 0.3 is 0 Å². The van der Waals surface area contributed by atoms with Crippen molar-refractivity contribution in [2.24, 2.45) is 0 Å². The van der Waals surface area contributed by atoms with Crippen LogP contribution in [0.3, 0.4) is 0 Å². The lowest BCUT2D eigenvalue weighted by molar-refractivity contribution is -0.0639. The summed E-state index contributed by atoms with van der Waals surface area (Å²) in [5, 5.41) is 0. The lowest BCUT2D eigenvalue weighted by Gasteiger charge is -2.19. The van der Waals surface area contributed by atoms with E-state index in [-0.39, 0.29) is 18.5 Å². The van der Waals surface area contributed by atoms with Crippen LogP contribution in [-0.4, -0.2) is 41.0 Å². The second kappa shape index (κ2) is 5.55. The van der Waals surface area contributed by atoms with E-state index in [9.17, 15) is 17.6 Å². The number of nitrogens with zero attached hydrogens (tertiary/aromatic N) is 2. The highest BCUT2D eigenvalue weighted by Crippen LogP contribution is 2.32. The normalized spacial score (nSPS) is 22.7. The van der Waals surface area contributed by atoms with Gasteiger partial charge in [0.2, 0.25) is 5.88 Å². The van der Waals surface area contributed by atoms with Gasteiger partial charge in [-0.05, 0) is 19.9 Å². The molecule has 3 nitrogen and oxygen atoms in total. The minimum absolute atomic E-state index is 0.0326. The Morgan fingerprint density at radius 1 is 1.35 bits per heavy atom. The molecule has 0 aliphatic carbocycles. The third kappa shape index (κ3) is 3.20. The molecule has 0 bridgehead atoms. The second-order valence-electron chi connectivity index (χ2n) is 5.09. The van der Waals surface area contributed by atoms with Crippen molar-refractivity contribution in [3.05, 3.63) is 23.9 Å². The van der Waals surface area contributed by atoms with Crippen LogP contribution in [0.2, 0.25) is 0 Å². The van der Waals surface area contributed by atoms with E-state index in [0.29, 0.717) is 0 Å². The van der Waals surface area contributed by atoms with Crippen LogP contribution in [-0.2, 0) is 0 Å². The van der Waals surface area contributed by atoms with Gasteiger partial charge in [0.25, 0.3) is 12.3 Å². The van der Waals surface area contributed by atoms with E-state index >= 15 is 0 Å². The SMILES string of the molecule is CC(C)N1C[C@H](Oc2cccc(C(F)F)n2)C(F)(F)C1. The summed E-state index contributed by atoms with van der Waals surface area (Å²) < 4.78 is 57.8. The minimum atomic E-state index is -3.02. The average molecular weight is 292 g/mol. The molecule has 1 aromatic rings. The van der Waals surface area contributed by atoms with E-state index in [1.54, 1.807) is 4.90 Å². The lowest BCUT2D eigenvalue weighted by atomic mass is 10.2. The van der Waals surface area contributed by atoms with Crippen molar-refractivity contribution in [3.63, 3.8) is 0 Å². The first-order chi connectivity index (χ1) is 9.29. The molecule has 0 unspecified atom stereocenters. The molecular weight excluding hydrogens is 276 g/mol. The van der Waals surface area contributed by atoms with E-state index in [0.717, 1.165) is 6.07 Å². The summed E-state index contributed by atoms with van der Waals surface area (Å²) in [5.41, 5.74) is -0.482. The van der Waals surface area contributed by atoms with Gasteiger partial charge in [0.05, 0.1) is 6.54 Å². The number of hydrogen-bond donors (Lipinski definition) is 0. The Morgan fingerprint density at radius 2 is 2.05 bits per heavy atom. The smallest absolute Gasteiger partial charge is 0.297 e. The topological polar surface area (TPSA) is 25.4 Å². The van der Waals surface area contributed by atoms with Crippen molar-refractivity contribution in [1.29, 1.82) is 0 Å². The van der Waals surface area contributed by atoms with Gasteiger partial charge in [-0.15, -0.1) is 0 Å². The number of alkyl halides is 4. The van der Waals surface area contributed by atoms with Gasteiger partial charge in [0, 0.05) is 18.7 Å². The highest BCUT2D eigenvalue weighted by atomic mass is 19.3. The van der Waals surface area contributed by atoms with Crippen LogP contribution in [0.1, 0.15) is 26.0 Å². The zero-order chi connectivity index (χ0) is 14.9. The number of likely N-dealkylation sites (tertiary alicyclic amines) is 1. The Kier molecular flexibility index (Phi) is 4.17. The molecule has 1 atom stereocenters. The second-order valence-corrected chi connectivity index (χ2v) is 5.09. The molecule has 0 N–H and O–H groups in total. The third-order valence-electron chi connectivity index (χ3n) is 3.25. The molecule has 0 spiro atoms. The first kappa shape index (κ1) is 15.0. The highest BCUT2D eigenvalue weighted by Gasteiger charge is 2.50. The Bertz CT molecular complexity index is 467. The van der Waals surface area contributed by atoms with Crippen LogP contribution in [0.4, 0.5) is 17.6 Å². The molecule has 7 heteroatoms. The molecule has 112 valence electrons. The van der Waals surface area contributed by atoms with Crippen molar-refractivity contribution in [2.75, 3.05) is 13.1 Å². The third-order valence-corrected chi connectivity index (χ3v) is 3.25. The molecule has 1 saturated heterocycles. The first-order valence-corrected chi connectivity index (χ1v) is 6.33. The van der Waals surface area contributed by atoms with Gasteiger partial charge in [-0.3, -0.25) is 4.90 Å². The number of ether oxygens (including phenoxy) is 1. The maximum Gasteiger partial charge on any atom is 0.297 e. The van der Waals surface area contributed by atoms with Crippen molar-refractivity contribution < 1.29 is 22.3 Å². The van der Waals surface area contributed by atoms with Gasteiger partial charge in [-0.2, -0.15) is 0 Å². The summed E-state index contributed by atoms with van der Waals surface area (Å²) in [5.74, 6) is -3.22. The van der Waals surface area contributed by atoms with E-state index in [2.05, 4.69) is 4.98 Å². The van der Waals surface area contributed by atoms with Crippen LogP contribution >= 0.6 is 0 Å². The quantitative estimate of drug-likeness (QED) is 0.797. The van der Waals surface area contributed by atoms with Crippen molar-refractivity contribution >= 4 is 0 Å². The fourth-order valence-corrected chi connectivity index (χ4v) is 2.06. The lowest BCUT2D eigenvalue weighted by Crippen LogP contribution is -2.36. The molecule has 0 amide bonds. The fourth-order valence-electron chi connectivity index (χ4n) is 2.06. The summed E-state index contributed by atoms with van der Waals surface area (Å²) >= 11 is 0. The molecule has 2 rings (SSSR count). The van der Waals surface area contributed by atoms with Gasteiger partial charge in [-0.25, -0.2) is 22.5 Å². The zero-order valence-electron chi connectivity index (χ0n) is 11.2. The predicted octanol–water partition coefficient (Wildman–Crippen LogP) is 3.13. The van der Waals surface area contributed by atoms with Crippen LogP contribution in [0, 0.1) is 0 Å². The van der Waals surface area contributed by atoms with Gasteiger partial charge in [-0.1, -0.05) is 6.07 Å². The molecule has 1 fully saturated rings. The molecule has 0 radical (unpaired) electrons. The maximum atomic E-state index is 13.8. The Balaban J connectivity index is 2.11. The van der Waals surface area contributed by atoms with Gasteiger partial charge in [0.15, 0.2) is 6.10 Å².